The van der Waals surface area contributed by atoms with Crippen molar-refractivity contribution in [2.45, 2.75) is 58.8 Å². The van der Waals surface area contributed by atoms with Gasteiger partial charge in [-0.1, -0.05) is 71.0 Å². The van der Waals surface area contributed by atoms with Crippen LogP contribution in [0.5, 0.6) is 0 Å². The molecule has 1 aliphatic carbocycles. The number of fused-ring (bicyclic) bond motifs is 1. The van der Waals surface area contributed by atoms with Crippen LogP contribution in [0.2, 0.25) is 0 Å². The summed E-state index contributed by atoms with van der Waals surface area (Å²) in [6, 6.07) is 8.99. The van der Waals surface area contributed by atoms with Gasteiger partial charge in [0.05, 0.1) is 0 Å². The van der Waals surface area contributed by atoms with Gasteiger partial charge < -0.3 is 0 Å². The molecule has 2 aromatic rings. The molecule has 0 aliphatic heterocycles. The van der Waals surface area contributed by atoms with Crippen LogP contribution < -0.4 is 0 Å². The zero-order valence-corrected chi connectivity index (χ0v) is 14.9. The van der Waals surface area contributed by atoms with Crippen LogP contribution in [0.4, 0.5) is 0 Å². The highest BCUT2D eigenvalue weighted by Crippen LogP contribution is 2.39. The van der Waals surface area contributed by atoms with E-state index in [4.69, 9.17) is 4.98 Å². The number of hydrogen-bond donors (Lipinski definition) is 0. The van der Waals surface area contributed by atoms with Crippen LogP contribution >= 0.6 is 0 Å². The van der Waals surface area contributed by atoms with Crippen LogP contribution in [0.25, 0.3) is 17.2 Å². The maximum Gasteiger partial charge on any atom is 0.0470 e. The van der Waals surface area contributed by atoms with Crippen LogP contribution in [0, 0.1) is 0 Å². The van der Waals surface area contributed by atoms with E-state index in [1.807, 2.05) is 0 Å². The van der Waals surface area contributed by atoms with Gasteiger partial charge in [0.25, 0.3) is 0 Å². The van der Waals surface area contributed by atoms with Gasteiger partial charge in [0.1, 0.15) is 0 Å². The Kier molecular flexibility index (Phi) is 4.39. The number of pyridine rings is 1. The minimum Gasteiger partial charge on any atom is -0.260 e. The molecule has 1 nitrogen and oxygen atoms in total. The maximum atomic E-state index is 4.84. The van der Waals surface area contributed by atoms with Crippen molar-refractivity contribution >= 4 is 6.08 Å². The number of rotatable bonds is 3. The van der Waals surface area contributed by atoms with Crippen molar-refractivity contribution in [3.8, 4) is 11.1 Å². The Labute approximate surface area is 140 Å². The molecule has 0 bridgehead atoms. The van der Waals surface area contributed by atoms with Gasteiger partial charge in [0.2, 0.25) is 0 Å². The summed E-state index contributed by atoms with van der Waals surface area (Å²) in [4.78, 5) is 4.84. The Balaban J connectivity index is 2.14. The second-order valence-electron chi connectivity index (χ2n) is 7.35. The zero-order valence-electron chi connectivity index (χ0n) is 14.9. The topological polar surface area (TPSA) is 12.9 Å². The van der Waals surface area contributed by atoms with Crippen molar-refractivity contribution in [2.75, 3.05) is 0 Å². The molecule has 0 N–H and O–H groups in total. The fourth-order valence-corrected chi connectivity index (χ4v) is 3.50. The van der Waals surface area contributed by atoms with Gasteiger partial charge >= 0.3 is 0 Å². The molecule has 1 aliphatic rings. The first kappa shape index (κ1) is 16.0. The Morgan fingerprint density at radius 1 is 1.00 bits per heavy atom. The van der Waals surface area contributed by atoms with Crippen LogP contribution in [-0.2, 0) is 0 Å². The standard InChI is InChI=1S/C22H27N/c1-14(2)17-9-11-18(12-10-17)20-13-23-22(15(3)4)21-16(5)7-6-8-19(20)21/h6,8-16H,7H2,1-5H3. The molecule has 3 rings (SSSR count). The quantitative estimate of drug-likeness (QED) is 0.629. The summed E-state index contributed by atoms with van der Waals surface area (Å²) in [6.45, 7) is 11.3. The minimum atomic E-state index is 0.468. The minimum absolute atomic E-state index is 0.468. The van der Waals surface area contributed by atoms with Gasteiger partial charge in [0.15, 0.2) is 0 Å². The Bertz CT molecular complexity index is 720. The summed E-state index contributed by atoms with van der Waals surface area (Å²) in [5.41, 5.74) is 8.01. The normalized spacial score (nSPS) is 16.9. The Hall–Kier alpha value is -1.89. The van der Waals surface area contributed by atoms with Gasteiger partial charge in [0, 0.05) is 17.5 Å². The van der Waals surface area contributed by atoms with E-state index >= 15 is 0 Å². The zero-order chi connectivity index (χ0) is 16.6. The van der Waals surface area contributed by atoms with Crippen molar-refractivity contribution in [1.29, 1.82) is 0 Å². The lowest BCUT2D eigenvalue weighted by atomic mass is 9.81. The molecule has 0 saturated carbocycles. The number of nitrogens with zero attached hydrogens (tertiary/aromatic N) is 1. The van der Waals surface area contributed by atoms with E-state index in [0.717, 1.165) is 6.42 Å². The lowest BCUT2D eigenvalue weighted by Crippen LogP contribution is -2.10. The number of hydrogen-bond acceptors (Lipinski definition) is 1. The molecule has 120 valence electrons. The summed E-state index contributed by atoms with van der Waals surface area (Å²) >= 11 is 0. The van der Waals surface area contributed by atoms with E-state index in [2.05, 4.69) is 77.2 Å². The molecule has 1 heteroatoms. The van der Waals surface area contributed by atoms with Gasteiger partial charge in [-0.3, -0.25) is 4.98 Å². The number of aromatic nitrogens is 1. The average molecular weight is 305 g/mol. The largest absolute Gasteiger partial charge is 0.260 e. The van der Waals surface area contributed by atoms with E-state index in [1.165, 1.54) is 33.5 Å². The molecule has 1 unspecified atom stereocenters. The first-order valence-electron chi connectivity index (χ1n) is 8.78. The van der Waals surface area contributed by atoms with Crippen molar-refractivity contribution in [2.24, 2.45) is 0 Å². The molecule has 0 fully saturated rings. The van der Waals surface area contributed by atoms with E-state index in [1.54, 1.807) is 0 Å². The van der Waals surface area contributed by atoms with Crippen LogP contribution in [-0.4, -0.2) is 4.98 Å². The van der Waals surface area contributed by atoms with E-state index in [9.17, 15) is 0 Å². The van der Waals surface area contributed by atoms with E-state index in [0.29, 0.717) is 17.8 Å². The van der Waals surface area contributed by atoms with Crippen molar-refractivity contribution < 1.29 is 0 Å². The van der Waals surface area contributed by atoms with Crippen molar-refractivity contribution in [3.05, 3.63) is 58.9 Å². The molecule has 1 atom stereocenters. The monoisotopic (exact) mass is 305 g/mol. The fraction of sp³-hybridized carbons (Fsp3) is 0.409. The summed E-state index contributed by atoms with van der Waals surface area (Å²) in [7, 11) is 0. The summed E-state index contributed by atoms with van der Waals surface area (Å²) < 4.78 is 0. The van der Waals surface area contributed by atoms with Crippen LogP contribution in [0.3, 0.4) is 0 Å². The predicted octanol–water partition coefficient (Wildman–Crippen LogP) is 6.52. The lowest BCUT2D eigenvalue weighted by Gasteiger charge is -2.25. The average Bonchev–Trinajstić information content (AvgIpc) is 2.54. The maximum absolute atomic E-state index is 4.84. The van der Waals surface area contributed by atoms with Gasteiger partial charge in [-0.05, 0) is 46.4 Å². The second kappa shape index (κ2) is 6.31. The third-order valence-corrected chi connectivity index (χ3v) is 4.89. The molecular formula is C22H27N. The molecule has 0 amide bonds. The molecule has 0 radical (unpaired) electrons. The Morgan fingerprint density at radius 3 is 2.30 bits per heavy atom. The number of allylic oxidation sites excluding steroid dienone is 1. The molecule has 1 aromatic heterocycles. The third-order valence-electron chi connectivity index (χ3n) is 4.89. The molecule has 1 aromatic carbocycles. The fourth-order valence-electron chi connectivity index (χ4n) is 3.50. The summed E-state index contributed by atoms with van der Waals surface area (Å²) in [5, 5.41) is 0. The highest BCUT2D eigenvalue weighted by molar-refractivity contribution is 5.78. The van der Waals surface area contributed by atoms with Crippen LogP contribution in [0.15, 0.2) is 36.5 Å². The molecule has 1 heterocycles. The lowest BCUT2D eigenvalue weighted by molar-refractivity contribution is 0.714. The second-order valence-corrected chi connectivity index (χ2v) is 7.35. The first-order valence-corrected chi connectivity index (χ1v) is 8.78. The molecule has 23 heavy (non-hydrogen) atoms. The van der Waals surface area contributed by atoms with Gasteiger partial charge in [-0.15, -0.1) is 0 Å². The van der Waals surface area contributed by atoms with E-state index < -0.39 is 0 Å². The first-order chi connectivity index (χ1) is 11.0. The Morgan fingerprint density at radius 2 is 1.70 bits per heavy atom. The molecule has 0 saturated heterocycles. The highest BCUT2D eigenvalue weighted by Gasteiger charge is 2.22. The molecular weight excluding hydrogens is 278 g/mol. The summed E-state index contributed by atoms with van der Waals surface area (Å²) in [6.07, 6.45) is 7.79. The SMILES string of the molecule is CC(C)c1ccc(-c2cnc(C(C)C)c3c2C=CCC3C)cc1. The van der Waals surface area contributed by atoms with Gasteiger partial charge in [-0.25, -0.2) is 0 Å². The smallest absolute Gasteiger partial charge is 0.0470 e. The van der Waals surface area contributed by atoms with E-state index in [-0.39, 0.29) is 0 Å². The van der Waals surface area contributed by atoms with Crippen molar-refractivity contribution in [3.63, 3.8) is 0 Å². The highest BCUT2D eigenvalue weighted by atomic mass is 14.7. The number of benzene rings is 1. The van der Waals surface area contributed by atoms with Gasteiger partial charge in [-0.2, -0.15) is 0 Å². The third kappa shape index (κ3) is 2.97. The van der Waals surface area contributed by atoms with Crippen LogP contribution in [0.1, 0.15) is 81.2 Å². The molecule has 0 spiro atoms. The predicted molar refractivity (Wildman–Crippen MR) is 99.9 cm³/mol. The summed E-state index contributed by atoms with van der Waals surface area (Å²) in [5.74, 6) is 1.59. The van der Waals surface area contributed by atoms with Crippen molar-refractivity contribution in [1.82, 2.24) is 4.98 Å².